The van der Waals surface area contributed by atoms with Crippen molar-refractivity contribution in [2.45, 2.75) is 30.3 Å². The number of nitrogens with zero attached hydrogens (tertiary/aromatic N) is 2. The lowest BCUT2D eigenvalue weighted by Crippen LogP contribution is -2.32. The molecule has 2 aromatic carbocycles. The van der Waals surface area contributed by atoms with Crippen LogP contribution in [-0.2, 0) is 11.3 Å². The van der Waals surface area contributed by atoms with Gasteiger partial charge < -0.3 is 5.32 Å². The van der Waals surface area contributed by atoms with Crippen molar-refractivity contribution in [2.75, 3.05) is 5.75 Å². The molecular weight excluding hydrogens is 426 g/mol. The highest BCUT2D eigenvalue weighted by Crippen LogP contribution is 2.35. The van der Waals surface area contributed by atoms with Crippen LogP contribution in [0.5, 0.6) is 0 Å². The first-order valence-electron chi connectivity index (χ1n) is 8.77. The summed E-state index contributed by atoms with van der Waals surface area (Å²) in [6.07, 6.45) is 2.67. The number of benzene rings is 2. The lowest BCUT2D eigenvalue weighted by molar-refractivity contribution is -0.122. The Hall–Kier alpha value is -2.12. The third kappa shape index (κ3) is 3.94. The van der Waals surface area contributed by atoms with Crippen LogP contribution in [0.4, 0.5) is 0 Å². The van der Waals surface area contributed by atoms with Crippen molar-refractivity contribution in [1.82, 2.24) is 14.9 Å². The van der Waals surface area contributed by atoms with E-state index in [1.54, 1.807) is 12.1 Å². The van der Waals surface area contributed by atoms with Crippen LogP contribution in [0.25, 0.3) is 10.9 Å². The van der Waals surface area contributed by atoms with Gasteiger partial charge in [-0.05, 0) is 36.2 Å². The van der Waals surface area contributed by atoms with E-state index in [2.05, 4.69) is 38.4 Å². The van der Waals surface area contributed by atoms with Crippen molar-refractivity contribution in [1.29, 1.82) is 0 Å². The predicted octanol–water partition coefficient (Wildman–Crippen LogP) is 3.90. The Balaban J connectivity index is 1.45. The quantitative estimate of drug-likeness (QED) is 0.663. The Labute approximate surface area is 169 Å². The summed E-state index contributed by atoms with van der Waals surface area (Å²) in [6, 6.07) is 13.6. The van der Waals surface area contributed by atoms with Crippen molar-refractivity contribution < 1.29 is 4.79 Å². The molecule has 138 valence electrons. The molecule has 3 aromatic rings. The molecule has 0 saturated carbocycles. The van der Waals surface area contributed by atoms with Crippen LogP contribution >= 0.6 is 27.7 Å². The van der Waals surface area contributed by atoms with Crippen molar-refractivity contribution in [3.05, 3.63) is 69.2 Å². The number of aryl methyl sites for hydroxylation is 1. The highest BCUT2D eigenvalue weighted by atomic mass is 79.9. The highest BCUT2D eigenvalue weighted by Gasteiger charge is 2.21. The van der Waals surface area contributed by atoms with Gasteiger partial charge in [-0.1, -0.05) is 34.1 Å². The second-order valence-electron chi connectivity index (χ2n) is 6.45. The molecule has 1 N–H and O–H groups in total. The van der Waals surface area contributed by atoms with Gasteiger partial charge in [0.15, 0.2) is 0 Å². The maximum absolute atomic E-state index is 12.6. The topological polar surface area (TPSA) is 64.0 Å². The van der Waals surface area contributed by atoms with Gasteiger partial charge in [-0.2, -0.15) is 0 Å². The Bertz CT molecular complexity index is 1070. The summed E-state index contributed by atoms with van der Waals surface area (Å²) in [5, 5.41) is 3.66. The number of hydrogen-bond acceptors (Lipinski definition) is 4. The van der Waals surface area contributed by atoms with Crippen LogP contribution in [-0.4, -0.2) is 21.2 Å². The third-order valence-corrected chi connectivity index (χ3v) is 6.28. The first-order valence-corrected chi connectivity index (χ1v) is 10.6. The average Bonchev–Trinajstić information content (AvgIpc) is 2.68. The number of thioether (sulfide) groups is 1. The van der Waals surface area contributed by atoms with Gasteiger partial charge in [0.25, 0.3) is 5.56 Å². The zero-order valence-corrected chi connectivity index (χ0v) is 16.9. The normalized spacial score (nSPS) is 16.1. The summed E-state index contributed by atoms with van der Waals surface area (Å²) < 4.78 is 2.33. The molecule has 0 saturated heterocycles. The van der Waals surface area contributed by atoms with Gasteiger partial charge in [0.05, 0.1) is 23.3 Å². The minimum atomic E-state index is -0.131. The number of aromatic nitrogens is 2. The molecule has 1 aliphatic rings. The van der Waals surface area contributed by atoms with Gasteiger partial charge in [-0.15, -0.1) is 11.8 Å². The SMILES string of the molecule is O=C(CCn1cnc2ccc(Br)cc2c1=O)NC1CCSc2ccccc21. The van der Waals surface area contributed by atoms with E-state index in [-0.39, 0.29) is 23.9 Å². The van der Waals surface area contributed by atoms with E-state index in [9.17, 15) is 9.59 Å². The molecule has 1 unspecified atom stereocenters. The first kappa shape index (κ1) is 18.3. The molecule has 7 heteroatoms. The van der Waals surface area contributed by atoms with Crippen LogP contribution in [0.15, 0.2) is 63.0 Å². The molecule has 4 rings (SSSR count). The van der Waals surface area contributed by atoms with Crippen LogP contribution in [0.3, 0.4) is 0 Å². The van der Waals surface area contributed by atoms with E-state index < -0.39 is 0 Å². The Morgan fingerprint density at radius 1 is 1.30 bits per heavy atom. The minimum absolute atomic E-state index is 0.0392. The van der Waals surface area contributed by atoms with Gasteiger partial charge in [-0.3, -0.25) is 14.2 Å². The summed E-state index contributed by atoms with van der Waals surface area (Å²) in [5.74, 6) is 0.938. The number of nitrogens with one attached hydrogen (secondary N) is 1. The maximum Gasteiger partial charge on any atom is 0.261 e. The van der Waals surface area contributed by atoms with Crippen LogP contribution in [0, 0.1) is 0 Å². The summed E-state index contributed by atoms with van der Waals surface area (Å²) in [6.45, 7) is 0.309. The fourth-order valence-corrected chi connectivity index (χ4v) is 4.76. The number of carbonyl (C=O) groups excluding carboxylic acids is 1. The molecule has 5 nitrogen and oxygen atoms in total. The minimum Gasteiger partial charge on any atom is -0.349 e. The van der Waals surface area contributed by atoms with Gasteiger partial charge in [-0.25, -0.2) is 4.98 Å². The number of hydrogen-bond donors (Lipinski definition) is 1. The standard InChI is InChI=1S/C20H18BrN3O2S/c21-13-5-6-16-15(11-13)20(26)24(12-22-16)9-7-19(25)23-17-8-10-27-18-4-2-1-3-14(17)18/h1-6,11-12,17H,7-10H2,(H,23,25). The summed E-state index contributed by atoms with van der Waals surface area (Å²) in [7, 11) is 0. The fourth-order valence-electron chi connectivity index (χ4n) is 3.27. The van der Waals surface area contributed by atoms with E-state index in [4.69, 9.17) is 0 Å². The molecule has 2 heterocycles. The molecule has 0 bridgehead atoms. The molecule has 0 fully saturated rings. The van der Waals surface area contributed by atoms with E-state index in [1.165, 1.54) is 21.4 Å². The van der Waals surface area contributed by atoms with Crippen LogP contribution in [0.2, 0.25) is 0 Å². The number of carbonyl (C=O) groups is 1. The van der Waals surface area contributed by atoms with E-state index in [0.717, 1.165) is 16.6 Å². The van der Waals surface area contributed by atoms with Crippen molar-refractivity contribution in [3.63, 3.8) is 0 Å². The Kier molecular flexibility index (Phi) is 5.31. The van der Waals surface area contributed by atoms with Crippen molar-refractivity contribution >= 4 is 44.5 Å². The third-order valence-electron chi connectivity index (χ3n) is 4.66. The molecule has 1 aliphatic heterocycles. The zero-order chi connectivity index (χ0) is 18.8. The van der Waals surface area contributed by atoms with Crippen molar-refractivity contribution in [3.8, 4) is 0 Å². The lowest BCUT2D eigenvalue weighted by Gasteiger charge is -2.25. The molecule has 0 aliphatic carbocycles. The first-order chi connectivity index (χ1) is 13.1. The molecule has 27 heavy (non-hydrogen) atoms. The van der Waals surface area contributed by atoms with E-state index in [0.29, 0.717) is 17.4 Å². The molecule has 1 aromatic heterocycles. The Morgan fingerprint density at radius 2 is 2.15 bits per heavy atom. The fraction of sp³-hybridized carbons (Fsp3) is 0.250. The molecular formula is C20H18BrN3O2S. The number of fused-ring (bicyclic) bond motifs is 2. The summed E-state index contributed by atoms with van der Waals surface area (Å²) >= 11 is 5.21. The predicted molar refractivity (Wildman–Crippen MR) is 111 cm³/mol. The van der Waals surface area contributed by atoms with Gasteiger partial charge >= 0.3 is 0 Å². The van der Waals surface area contributed by atoms with E-state index in [1.807, 2.05) is 30.0 Å². The maximum atomic E-state index is 12.6. The van der Waals surface area contributed by atoms with Gasteiger partial charge in [0.2, 0.25) is 5.91 Å². The summed E-state index contributed by atoms with van der Waals surface area (Å²) in [4.78, 5) is 30.6. The number of rotatable bonds is 4. The molecule has 0 spiro atoms. The zero-order valence-electron chi connectivity index (χ0n) is 14.5. The second kappa shape index (κ2) is 7.86. The number of amides is 1. The van der Waals surface area contributed by atoms with Crippen LogP contribution in [0.1, 0.15) is 24.4 Å². The second-order valence-corrected chi connectivity index (χ2v) is 8.50. The Morgan fingerprint density at radius 3 is 3.04 bits per heavy atom. The van der Waals surface area contributed by atoms with Crippen molar-refractivity contribution in [2.24, 2.45) is 0 Å². The van der Waals surface area contributed by atoms with Gasteiger partial charge in [0.1, 0.15) is 0 Å². The highest BCUT2D eigenvalue weighted by molar-refractivity contribution is 9.10. The molecule has 0 radical (unpaired) electrons. The lowest BCUT2D eigenvalue weighted by atomic mass is 10.0. The molecule has 1 atom stereocenters. The van der Waals surface area contributed by atoms with Crippen LogP contribution < -0.4 is 10.9 Å². The average molecular weight is 444 g/mol. The van der Waals surface area contributed by atoms with E-state index >= 15 is 0 Å². The smallest absolute Gasteiger partial charge is 0.261 e. The van der Waals surface area contributed by atoms with Gasteiger partial charge in [0, 0.05) is 28.1 Å². The molecule has 1 amide bonds. The largest absolute Gasteiger partial charge is 0.349 e. The number of halogens is 1. The summed E-state index contributed by atoms with van der Waals surface area (Å²) in [5.41, 5.74) is 1.70. The monoisotopic (exact) mass is 443 g/mol.